The van der Waals surface area contributed by atoms with Crippen LogP contribution in [0.25, 0.3) is 0 Å². The molecule has 10 rings (SSSR count). The molecule has 0 saturated carbocycles. The summed E-state index contributed by atoms with van der Waals surface area (Å²) in [6.45, 7) is -0.988. The summed E-state index contributed by atoms with van der Waals surface area (Å²) >= 11 is 3.65. The molecule has 25 heavy (non-hydrogen) atoms. The van der Waals surface area contributed by atoms with Gasteiger partial charge in [0.25, 0.3) is 0 Å². The van der Waals surface area contributed by atoms with Crippen LogP contribution >= 0.6 is 15.9 Å². The Hall–Kier alpha value is 0.669. The predicted molar refractivity (Wildman–Crippen MR) is 101 cm³/mol. The number of rotatable bonds is 11. The van der Waals surface area contributed by atoms with E-state index in [0.717, 1.165) is 9.13 Å². The van der Waals surface area contributed by atoms with Crippen LogP contribution in [-0.4, -0.2) is 11.1 Å². The van der Waals surface area contributed by atoms with Gasteiger partial charge in [0.1, 0.15) is 0 Å². The summed E-state index contributed by atoms with van der Waals surface area (Å²) in [4.78, 5) is 23.4. The molecular formula is C22H31BrFeO. The molecule has 140 valence electrons. The van der Waals surface area contributed by atoms with E-state index in [-0.39, 0.29) is 0 Å². The minimum atomic E-state index is -3.25. The summed E-state index contributed by atoms with van der Waals surface area (Å²) in [6.07, 6.45) is 14.7. The number of unbranched alkanes of at least 4 members (excludes halogenated alkanes) is 6. The molecule has 0 aromatic rings. The van der Waals surface area contributed by atoms with Crippen LogP contribution in [0.2, 0.25) is 47.2 Å². The second-order valence-electron chi connectivity index (χ2n) is 13.9. The quantitative estimate of drug-likeness (QED) is 0.138. The van der Waals surface area contributed by atoms with Gasteiger partial charge in [-0.15, -0.1) is 0 Å². The van der Waals surface area contributed by atoms with Gasteiger partial charge in [0.15, 0.2) is 0 Å². The summed E-state index contributed by atoms with van der Waals surface area (Å²) in [5.41, 5.74) is 0. The zero-order chi connectivity index (χ0) is 16.6. The van der Waals surface area contributed by atoms with Crippen LogP contribution in [-0.2, 0) is 11.3 Å². The molecule has 1 nitrogen and oxygen atoms in total. The first-order valence-electron chi connectivity index (χ1n) is 11.2. The molecule has 0 bridgehead atoms. The summed E-state index contributed by atoms with van der Waals surface area (Å²) in [5, 5.41) is 0. The third kappa shape index (κ3) is 0.214. The molecule has 0 aromatic carbocycles. The zero-order valence-electron chi connectivity index (χ0n) is 15.3. The van der Waals surface area contributed by atoms with E-state index >= 15 is 0 Å². The molecule has 0 amide bonds. The van der Waals surface area contributed by atoms with E-state index in [4.69, 9.17) is 0 Å². The Kier molecular flexibility index (Phi) is 0.802. The van der Waals surface area contributed by atoms with E-state index in [9.17, 15) is 4.79 Å². The van der Waals surface area contributed by atoms with Crippen molar-refractivity contribution in [2.24, 2.45) is 0 Å². The third-order valence-electron chi connectivity index (χ3n) is 18.1. The number of carbonyl (C=O) groups excluding carboxylic acids is 1. The van der Waals surface area contributed by atoms with Crippen molar-refractivity contribution in [3.63, 3.8) is 0 Å². The fourth-order valence-corrected chi connectivity index (χ4v) is 96.7. The molecule has 6 unspecified atom stereocenters. The maximum absolute atomic E-state index is 12.5. The Morgan fingerprint density at radius 2 is 1.44 bits per heavy atom. The standard InChI is InChI=1S/C17H26BrO.C5H5.Fe/c1-15(18)10-7-5-3-2-4-6-8-11-16-12-9-13-17(16)14-19;1-2-4-5-3-1;/h9,12-15H,2-8,10-11H2,1H3;1-5H;. The van der Waals surface area contributed by atoms with Crippen LogP contribution in [0.4, 0.5) is 0 Å². The van der Waals surface area contributed by atoms with E-state index in [1.54, 1.807) is 12.7 Å². The molecule has 3 heteroatoms. The van der Waals surface area contributed by atoms with Gasteiger partial charge in [-0.05, 0) is 0 Å². The van der Waals surface area contributed by atoms with Crippen molar-refractivity contribution < 1.29 is 11.3 Å². The normalized spacial score (nSPS) is 89.0. The number of carbonyl (C=O) groups is 1. The third-order valence-corrected chi connectivity index (χ3v) is 62.1. The van der Waals surface area contributed by atoms with Crippen molar-refractivity contribution in [1.82, 2.24) is 0 Å². The second kappa shape index (κ2) is 1.54. The number of hydrogen-bond acceptors (Lipinski definition) is 1. The topological polar surface area (TPSA) is 17.1 Å². The number of hydrogen-bond donors (Lipinski definition) is 0. The van der Waals surface area contributed by atoms with Crippen LogP contribution in [0.15, 0.2) is 0 Å². The SMILES string of the molecule is CC(Br)CCCCCCCCC[C]12[CH]3[CH]4[CH]5[C]1(C=O)[Fe]45321678[CH]2[CH]1[CH]6[CH]7[CH]28. The first kappa shape index (κ1) is 13.0. The van der Waals surface area contributed by atoms with E-state index < -0.39 is 6.51 Å². The minimum absolute atomic E-state index is 0.485. The van der Waals surface area contributed by atoms with Gasteiger partial charge in [0.2, 0.25) is 0 Å². The molecule has 10 heterocycles. The van der Waals surface area contributed by atoms with Gasteiger partial charge in [-0.25, -0.2) is 0 Å². The van der Waals surface area contributed by atoms with E-state index in [0.29, 0.717) is 9.14 Å². The van der Waals surface area contributed by atoms with Gasteiger partial charge < -0.3 is 0 Å². The first-order valence-corrected chi connectivity index (χ1v) is 18.3. The van der Waals surface area contributed by atoms with Crippen molar-refractivity contribution in [3.05, 3.63) is 0 Å². The summed E-state index contributed by atoms with van der Waals surface area (Å²) in [6, 6.07) is 0. The fraction of sp³-hybridized carbons (Fsp3) is 0.955. The Balaban J connectivity index is 0.865. The average molecular weight is 447 g/mol. The average Bonchev–Trinajstić information content (AvgIpc) is 3.53. The Bertz CT molecular complexity index is 1110. The van der Waals surface area contributed by atoms with Crippen LogP contribution in [0.1, 0.15) is 64.7 Å². The van der Waals surface area contributed by atoms with Crippen LogP contribution in [0.3, 0.4) is 0 Å². The van der Waals surface area contributed by atoms with Gasteiger partial charge in [-0.3, -0.25) is 0 Å². The van der Waals surface area contributed by atoms with Crippen LogP contribution in [0.5, 0.6) is 0 Å². The van der Waals surface area contributed by atoms with E-state index in [1.807, 2.05) is 0 Å². The number of fused-ring (bicyclic) bond motifs is 10. The van der Waals surface area contributed by atoms with Crippen molar-refractivity contribution in [1.29, 1.82) is 0 Å². The van der Waals surface area contributed by atoms with Gasteiger partial charge in [0.05, 0.1) is 0 Å². The van der Waals surface area contributed by atoms with Crippen LogP contribution in [0, 0.1) is 0 Å². The molecule has 10 aliphatic heterocycles. The summed E-state index contributed by atoms with van der Waals surface area (Å²) in [5.74, 6) is 0. The molecule has 0 aliphatic carbocycles. The maximum atomic E-state index is 12.5. The molecular weight excluding hydrogens is 416 g/mol. The molecule has 10 saturated heterocycles. The predicted octanol–water partition coefficient (Wildman–Crippen LogP) is 7.61. The van der Waals surface area contributed by atoms with Gasteiger partial charge >= 0.3 is 150 Å². The van der Waals surface area contributed by atoms with Crippen molar-refractivity contribution in [3.8, 4) is 0 Å². The summed E-state index contributed by atoms with van der Waals surface area (Å²) in [7, 11) is 0. The number of halogens is 1. The number of aldehydes is 1. The van der Waals surface area contributed by atoms with E-state index in [1.165, 1.54) is 85.1 Å². The second-order valence-corrected chi connectivity index (χ2v) is 38.8. The molecule has 10 aliphatic rings. The Labute approximate surface area is 149 Å². The molecule has 0 N–H and O–H groups in total. The van der Waals surface area contributed by atoms with Crippen molar-refractivity contribution >= 4 is 22.2 Å². The van der Waals surface area contributed by atoms with Crippen molar-refractivity contribution in [2.45, 2.75) is 117 Å². The Morgan fingerprint density at radius 3 is 1.88 bits per heavy atom. The van der Waals surface area contributed by atoms with Crippen molar-refractivity contribution in [2.75, 3.05) is 0 Å². The molecule has 10 fully saturated rings. The monoisotopic (exact) mass is 446 g/mol. The summed E-state index contributed by atoms with van der Waals surface area (Å²) < 4.78 is 1.29. The molecule has 0 aromatic heterocycles. The van der Waals surface area contributed by atoms with E-state index in [2.05, 4.69) is 22.9 Å². The van der Waals surface area contributed by atoms with Gasteiger partial charge in [0, 0.05) is 0 Å². The van der Waals surface area contributed by atoms with Gasteiger partial charge in [-0.2, -0.15) is 0 Å². The zero-order valence-corrected chi connectivity index (χ0v) is 18.0. The molecule has 1 spiro atoms. The number of alkyl halides is 1. The molecule has 6 atom stereocenters. The van der Waals surface area contributed by atoms with Crippen LogP contribution < -0.4 is 0 Å². The first-order chi connectivity index (χ1) is 11.9. The fourth-order valence-electron chi connectivity index (χ4n) is 19.9. The van der Waals surface area contributed by atoms with Gasteiger partial charge in [-0.1, -0.05) is 0 Å². The molecule has 0 radical (unpaired) electrons. The Morgan fingerprint density at radius 1 is 0.880 bits per heavy atom.